The van der Waals surface area contributed by atoms with E-state index in [1.54, 1.807) is 33.4 Å². The van der Waals surface area contributed by atoms with E-state index >= 15 is 0 Å². The van der Waals surface area contributed by atoms with E-state index in [1.165, 1.54) is 12.7 Å². The van der Waals surface area contributed by atoms with Gasteiger partial charge in [-0.2, -0.15) is 10.2 Å². The van der Waals surface area contributed by atoms with Crippen molar-refractivity contribution in [3.8, 4) is 11.4 Å². The van der Waals surface area contributed by atoms with Crippen LogP contribution in [0.15, 0.2) is 36.1 Å². The Hall–Kier alpha value is -2.02. The Morgan fingerprint density at radius 3 is 1.80 bits per heavy atom. The minimum absolute atomic E-state index is 0.947. The minimum Gasteiger partial charge on any atom is -0.223 e. The highest BCUT2D eigenvalue weighted by Crippen LogP contribution is 2.21. The van der Waals surface area contributed by atoms with Gasteiger partial charge in [0.2, 0.25) is 0 Å². The van der Waals surface area contributed by atoms with Crippen molar-refractivity contribution in [2.24, 2.45) is 0 Å². The second-order valence-electron chi connectivity index (χ2n) is 2.82. The number of nitrogens with zero attached hydrogens (tertiary/aromatic N) is 6. The van der Waals surface area contributed by atoms with Crippen LogP contribution in [-0.2, 0) is 0 Å². The fourth-order valence-corrected chi connectivity index (χ4v) is 2.07. The van der Waals surface area contributed by atoms with Gasteiger partial charge in [0.25, 0.3) is 0 Å². The first-order chi connectivity index (χ1) is 7.45. The Bertz CT molecular complexity index is 489. The smallest absolute Gasteiger partial charge is 0.138 e. The van der Waals surface area contributed by atoms with Gasteiger partial charge in [0.15, 0.2) is 0 Å². The van der Waals surface area contributed by atoms with Gasteiger partial charge in [-0.25, -0.2) is 19.3 Å². The molecular weight excluding hydrogens is 212 g/mol. The van der Waals surface area contributed by atoms with Crippen LogP contribution in [0.2, 0.25) is 0 Å². The van der Waals surface area contributed by atoms with Crippen LogP contribution in [0.5, 0.6) is 0 Å². The van der Waals surface area contributed by atoms with Crippen LogP contribution < -0.4 is 0 Å². The Morgan fingerprint density at radius 1 is 0.867 bits per heavy atom. The van der Waals surface area contributed by atoms with Crippen LogP contribution in [0, 0.1) is 0 Å². The maximum absolute atomic E-state index is 4.08. The quantitative estimate of drug-likeness (QED) is 0.641. The Morgan fingerprint density at radius 2 is 1.40 bits per heavy atom. The number of thiophene rings is 1. The van der Waals surface area contributed by atoms with E-state index in [9.17, 15) is 0 Å². The van der Waals surface area contributed by atoms with Gasteiger partial charge in [-0.05, 0) is 0 Å². The first-order valence-electron chi connectivity index (χ1n) is 4.21. The summed E-state index contributed by atoms with van der Waals surface area (Å²) in [4.78, 5) is 7.82. The molecule has 0 atom stereocenters. The summed E-state index contributed by atoms with van der Waals surface area (Å²) in [5.74, 6) is 0. The van der Waals surface area contributed by atoms with Gasteiger partial charge in [-0.1, -0.05) is 0 Å². The molecule has 0 fully saturated rings. The molecule has 7 heteroatoms. The standard InChI is InChI=1S/C8H6N6S/c1-7(13-5-9-3-11-13)8(2-15-1)14-6-10-4-12-14/h1-6H. The van der Waals surface area contributed by atoms with Crippen molar-refractivity contribution < 1.29 is 0 Å². The third-order valence-electron chi connectivity index (χ3n) is 1.95. The average molecular weight is 218 g/mol. The summed E-state index contributed by atoms with van der Waals surface area (Å²) in [6.45, 7) is 0. The molecule has 6 nitrogen and oxygen atoms in total. The molecule has 0 aromatic carbocycles. The largest absolute Gasteiger partial charge is 0.223 e. The lowest BCUT2D eigenvalue weighted by molar-refractivity contribution is 0.830. The molecular formula is C8H6N6S. The summed E-state index contributed by atoms with van der Waals surface area (Å²) < 4.78 is 3.40. The molecule has 0 unspecified atom stereocenters. The van der Waals surface area contributed by atoms with Gasteiger partial charge in [-0.15, -0.1) is 11.3 Å². The average Bonchev–Trinajstić information content (AvgIpc) is 3.01. The van der Waals surface area contributed by atoms with Crippen molar-refractivity contribution in [1.82, 2.24) is 29.5 Å². The molecule has 0 saturated heterocycles. The highest BCUT2D eigenvalue weighted by atomic mass is 32.1. The van der Waals surface area contributed by atoms with E-state index in [-0.39, 0.29) is 0 Å². The van der Waals surface area contributed by atoms with Gasteiger partial charge in [0.1, 0.15) is 36.7 Å². The number of aromatic nitrogens is 6. The van der Waals surface area contributed by atoms with Crippen LogP contribution in [0.4, 0.5) is 0 Å². The summed E-state index contributed by atoms with van der Waals surface area (Å²) in [6, 6.07) is 0. The van der Waals surface area contributed by atoms with Crippen molar-refractivity contribution in [2.75, 3.05) is 0 Å². The predicted molar refractivity (Wildman–Crippen MR) is 54.2 cm³/mol. The lowest BCUT2D eigenvalue weighted by Gasteiger charge is -2.01. The van der Waals surface area contributed by atoms with Gasteiger partial charge in [0.05, 0.1) is 0 Å². The summed E-state index contributed by atoms with van der Waals surface area (Å²) >= 11 is 1.59. The third-order valence-corrected chi connectivity index (χ3v) is 2.67. The molecule has 0 amide bonds. The number of hydrogen-bond donors (Lipinski definition) is 0. The molecule has 0 radical (unpaired) electrons. The summed E-state index contributed by atoms with van der Waals surface area (Å²) in [5.41, 5.74) is 1.89. The molecule has 3 rings (SSSR count). The molecule has 3 aromatic rings. The van der Waals surface area contributed by atoms with E-state index in [2.05, 4.69) is 20.2 Å². The van der Waals surface area contributed by atoms with Crippen LogP contribution in [0.25, 0.3) is 11.4 Å². The fourth-order valence-electron chi connectivity index (χ4n) is 1.29. The molecule has 0 saturated carbocycles. The number of hydrogen-bond acceptors (Lipinski definition) is 5. The highest BCUT2D eigenvalue weighted by molar-refractivity contribution is 7.08. The van der Waals surface area contributed by atoms with Gasteiger partial charge in [0, 0.05) is 10.8 Å². The van der Waals surface area contributed by atoms with Crippen LogP contribution >= 0.6 is 11.3 Å². The zero-order valence-corrected chi connectivity index (χ0v) is 8.37. The molecule has 0 bridgehead atoms. The van der Waals surface area contributed by atoms with E-state index in [1.807, 2.05) is 10.8 Å². The third kappa shape index (κ3) is 1.33. The minimum atomic E-state index is 0.947. The van der Waals surface area contributed by atoms with E-state index < -0.39 is 0 Å². The molecule has 0 aliphatic heterocycles. The SMILES string of the molecule is c1ncn(-c2cscc2-n2cncn2)n1. The molecule has 0 N–H and O–H groups in total. The van der Waals surface area contributed by atoms with Crippen molar-refractivity contribution >= 4 is 11.3 Å². The first kappa shape index (κ1) is 8.30. The predicted octanol–water partition coefficient (Wildman–Crippen LogP) is 0.909. The van der Waals surface area contributed by atoms with Crippen molar-refractivity contribution in [3.63, 3.8) is 0 Å². The molecule has 0 spiro atoms. The van der Waals surface area contributed by atoms with Crippen molar-refractivity contribution in [1.29, 1.82) is 0 Å². The lowest BCUT2D eigenvalue weighted by atomic mass is 10.4. The lowest BCUT2D eigenvalue weighted by Crippen LogP contribution is -2.00. The molecule has 15 heavy (non-hydrogen) atoms. The Balaban J connectivity index is 2.15. The second-order valence-corrected chi connectivity index (χ2v) is 3.57. The Labute approximate surface area is 88.8 Å². The van der Waals surface area contributed by atoms with E-state index in [0.29, 0.717) is 0 Å². The zero-order chi connectivity index (χ0) is 10.1. The van der Waals surface area contributed by atoms with E-state index in [4.69, 9.17) is 0 Å². The van der Waals surface area contributed by atoms with Gasteiger partial charge < -0.3 is 0 Å². The van der Waals surface area contributed by atoms with Crippen LogP contribution in [0.1, 0.15) is 0 Å². The fraction of sp³-hybridized carbons (Fsp3) is 0. The molecule has 0 aliphatic rings. The number of rotatable bonds is 2. The van der Waals surface area contributed by atoms with E-state index in [0.717, 1.165) is 11.4 Å². The monoisotopic (exact) mass is 218 g/mol. The van der Waals surface area contributed by atoms with Crippen molar-refractivity contribution in [2.45, 2.75) is 0 Å². The van der Waals surface area contributed by atoms with Crippen LogP contribution in [0.3, 0.4) is 0 Å². The molecule has 74 valence electrons. The summed E-state index contributed by atoms with van der Waals surface area (Å²) in [6.07, 6.45) is 6.32. The molecule has 0 aliphatic carbocycles. The van der Waals surface area contributed by atoms with Gasteiger partial charge in [-0.3, -0.25) is 0 Å². The topological polar surface area (TPSA) is 61.4 Å². The maximum atomic E-state index is 4.08. The summed E-state index contributed by atoms with van der Waals surface area (Å²) in [5, 5.41) is 12.1. The highest BCUT2D eigenvalue weighted by Gasteiger charge is 2.08. The molecule has 3 heterocycles. The second kappa shape index (κ2) is 3.28. The maximum Gasteiger partial charge on any atom is 0.138 e. The van der Waals surface area contributed by atoms with Crippen LogP contribution in [-0.4, -0.2) is 29.5 Å². The molecule has 3 aromatic heterocycles. The normalized spacial score (nSPS) is 10.7. The Kier molecular flexibility index (Phi) is 1.82. The summed E-state index contributed by atoms with van der Waals surface area (Å²) in [7, 11) is 0. The van der Waals surface area contributed by atoms with Crippen molar-refractivity contribution in [3.05, 3.63) is 36.1 Å². The zero-order valence-electron chi connectivity index (χ0n) is 7.56. The first-order valence-corrected chi connectivity index (χ1v) is 5.15. The van der Waals surface area contributed by atoms with Gasteiger partial charge >= 0.3 is 0 Å².